The predicted molar refractivity (Wildman–Crippen MR) is 82.4 cm³/mol. The molecule has 2 aromatic rings. The molecule has 0 aliphatic carbocycles. The number of non-ortho nitro benzene ring substituents is 1. The number of nitro benzene ring substituents is 1. The normalized spacial score (nSPS) is 17.3. The van der Waals surface area contributed by atoms with Gasteiger partial charge in [-0.25, -0.2) is 8.42 Å². The van der Waals surface area contributed by atoms with Crippen molar-refractivity contribution in [2.24, 2.45) is 0 Å². The Balaban J connectivity index is 2.05. The molecule has 0 N–H and O–H groups in total. The fraction of sp³-hybridized carbons (Fsp3) is 0.200. The van der Waals surface area contributed by atoms with Crippen molar-refractivity contribution in [1.82, 2.24) is 0 Å². The van der Waals surface area contributed by atoms with Gasteiger partial charge in [0.05, 0.1) is 15.5 Å². The Morgan fingerprint density at radius 3 is 2.41 bits per heavy atom. The molecule has 0 radical (unpaired) electrons. The van der Waals surface area contributed by atoms with Crippen LogP contribution in [0.3, 0.4) is 0 Å². The average molecular weight is 318 g/mol. The first-order chi connectivity index (χ1) is 10.4. The number of sulfonamides is 1. The highest BCUT2D eigenvalue weighted by molar-refractivity contribution is 7.92. The minimum Gasteiger partial charge on any atom is -0.263 e. The van der Waals surface area contributed by atoms with Crippen LogP contribution >= 0.6 is 0 Å². The van der Waals surface area contributed by atoms with E-state index in [4.69, 9.17) is 0 Å². The van der Waals surface area contributed by atoms with E-state index in [-0.39, 0.29) is 16.6 Å². The Kier molecular flexibility index (Phi) is 3.37. The smallest absolute Gasteiger partial charge is 0.263 e. The average Bonchev–Trinajstić information content (AvgIpc) is 2.83. The lowest BCUT2D eigenvalue weighted by Gasteiger charge is -2.24. The monoisotopic (exact) mass is 318 g/mol. The van der Waals surface area contributed by atoms with Gasteiger partial charge in [-0.3, -0.25) is 14.4 Å². The lowest BCUT2D eigenvalue weighted by atomic mass is 10.1. The van der Waals surface area contributed by atoms with Crippen LogP contribution in [0.25, 0.3) is 0 Å². The Bertz CT molecular complexity index is 831. The third-order valence-corrected chi connectivity index (χ3v) is 5.69. The van der Waals surface area contributed by atoms with Crippen molar-refractivity contribution in [2.45, 2.75) is 24.3 Å². The molecule has 0 spiro atoms. The summed E-state index contributed by atoms with van der Waals surface area (Å²) in [5.74, 6) is 0. The zero-order valence-electron chi connectivity index (χ0n) is 11.8. The van der Waals surface area contributed by atoms with E-state index in [1.807, 2.05) is 19.1 Å². The number of benzene rings is 2. The number of fused-ring (bicyclic) bond motifs is 1. The number of rotatable bonds is 3. The van der Waals surface area contributed by atoms with Crippen molar-refractivity contribution in [3.8, 4) is 0 Å². The van der Waals surface area contributed by atoms with Gasteiger partial charge in [-0.05, 0) is 37.1 Å². The van der Waals surface area contributed by atoms with Crippen LogP contribution in [0.5, 0.6) is 0 Å². The van der Waals surface area contributed by atoms with E-state index in [1.54, 1.807) is 12.1 Å². The van der Waals surface area contributed by atoms with Crippen LogP contribution in [0, 0.1) is 10.1 Å². The fourth-order valence-corrected chi connectivity index (χ4v) is 4.45. The molecule has 0 saturated carbocycles. The maximum absolute atomic E-state index is 12.8. The van der Waals surface area contributed by atoms with Crippen molar-refractivity contribution >= 4 is 21.4 Å². The summed E-state index contributed by atoms with van der Waals surface area (Å²) in [6.45, 7) is 1.85. The summed E-state index contributed by atoms with van der Waals surface area (Å²) in [5, 5.41) is 10.7. The minimum absolute atomic E-state index is 0.0571. The van der Waals surface area contributed by atoms with Crippen molar-refractivity contribution in [3.63, 3.8) is 0 Å². The van der Waals surface area contributed by atoms with Crippen molar-refractivity contribution in [3.05, 3.63) is 64.2 Å². The minimum atomic E-state index is -3.73. The van der Waals surface area contributed by atoms with Gasteiger partial charge in [0.1, 0.15) is 0 Å². The Morgan fingerprint density at radius 2 is 1.77 bits per heavy atom. The van der Waals surface area contributed by atoms with Crippen molar-refractivity contribution < 1.29 is 13.3 Å². The molecule has 3 rings (SSSR count). The van der Waals surface area contributed by atoms with Crippen LogP contribution in [0.1, 0.15) is 12.5 Å². The van der Waals surface area contributed by atoms with Crippen LogP contribution in [0.4, 0.5) is 11.4 Å². The van der Waals surface area contributed by atoms with Crippen LogP contribution in [0.15, 0.2) is 53.4 Å². The van der Waals surface area contributed by atoms with E-state index in [9.17, 15) is 18.5 Å². The number of para-hydroxylation sites is 1. The highest BCUT2D eigenvalue weighted by Crippen LogP contribution is 2.36. The molecule has 0 saturated heterocycles. The van der Waals surface area contributed by atoms with Crippen molar-refractivity contribution in [2.75, 3.05) is 4.31 Å². The molecule has 7 heteroatoms. The summed E-state index contributed by atoms with van der Waals surface area (Å²) in [4.78, 5) is 10.2. The molecule has 0 aromatic heterocycles. The number of nitro groups is 1. The van der Waals surface area contributed by atoms with Gasteiger partial charge in [-0.15, -0.1) is 0 Å². The van der Waals surface area contributed by atoms with Crippen LogP contribution in [0.2, 0.25) is 0 Å². The fourth-order valence-electron chi connectivity index (χ4n) is 2.76. The molecule has 1 aliphatic heterocycles. The molecule has 2 aromatic carbocycles. The molecule has 0 bridgehead atoms. The van der Waals surface area contributed by atoms with Crippen molar-refractivity contribution in [1.29, 1.82) is 0 Å². The summed E-state index contributed by atoms with van der Waals surface area (Å²) in [6.07, 6.45) is 0.655. The third-order valence-electron chi connectivity index (χ3n) is 3.75. The summed E-state index contributed by atoms with van der Waals surface area (Å²) >= 11 is 0. The standard InChI is InChI=1S/C15H14N2O4S/c1-11-10-12-4-2-3-5-15(12)16(11)22(20,21)14-8-6-13(7-9-14)17(18)19/h2-9,11H,10H2,1H3. The summed E-state index contributed by atoms with van der Waals surface area (Å²) < 4.78 is 27.1. The van der Waals surface area contributed by atoms with E-state index >= 15 is 0 Å². The summed E-state index contributed by atoms with van der Waals surface area (Å²) in [7, 11) is -3.73. The molecule has 1 aliphatic rings. The molecule has 1 atom stereocenters. The molecular formula is C15H14N2O4S. The van der Waals surface area contributed by atoms with E-state index in [1.165, 1.54) is 28.6 Å². The lowest BCUT2D eigenvalue weighted by molar-refractivity contribution is -0.384. The van der Waals surface area contributed by atoms with Gasteiger partial charge in [-0.1, -0.05) is 18.2 Å². The first kappa shape index (κ1) is 14.5. The zero-order valence-corrected chi connectivity index (χ0v) is 12.7. The first-order valence-corrected chi connectivity index (χ1v) is 8.22. The topological polar surface area (TPSA) is 80.5 Å². The first-order valence-electron chi connectivity index (χ1n) is 6.78. The van der Waals surface area contributed by atoms with E-state index in [0.717, 1.165) is 5.56 Å². The summed E-state index contributed by atoms with van der Waals surface area (Å²) in [6, 6.07) is 12.2. The maximum atomic E-state index is 12.8. The van der Waals surface area contributed by atoms with Gasteiger partial charge in [-0.2, -0.15) is 0 Å². The van der Waals surface area contributed by atoms with E-state index in [2.05, 4.69) is 0 Å². The summed E-state index contributed by atoms with van der Waals surface area (Å²) in [5.41, 5.74) is 1.53. The van der Waals surface area contributed by atoms with E-state index < -0.39 is 14.9 Å². The lowest BCUT2D eigenvalue weighted by Crippen LogP contribution is -2.35. The second kappa shape index (κ2) is 5.10. The second-order valence-corrected chi connectivity index (χ2v) is 7.05. The SMILES string of the molecule is CC1Cc2ccccc2N1S(=O)(=O)c1ccc([N+](=O)[O-])cc1. The van der Waals surface area contributed by atoms with Crippen LogP contribution in [-0.2, 0) is 16.4 Å². The predicted octanol–water partition coefficient (Wildman–Crippen LogP) is 2.73. The Hall–Kier alpha value is -2.41. The molecule has 0 fully saturated rings. The largest absolute Gasteiger partial charge is 0.269 e. The Morgan fingerprint density at radius 1 is 1.14 bits per heavy atom. The quantitative estimate of drug-likeness (QED) is 0.643. The third kappa shape index (κ3) is 2.23. The zero-order chi connectivity index (χ0) is 15.9. The molecular weight excluding hydrogens is 304 g/mol. The highest BCUT2D eigenvalue weighted by Gasteiger charge is 2.35. The van der Waals surface area contributed by atoms with Gasteiger partial charge >= 0.3 is 0 Å². The van der Waals surface area contributed by atoms with Gasteiger partial charge in [0.2, 0.25) is 0 Å². The highest BCUT2D eigenvalue weighted by atomic mass is 32.2. The molecule has 22 heavy (non-hydrogen) atoms. The van der Waals surface area contributed by atoms with Gasteiger partial charge in [0.25, 0.3) is 15.7 Å². The second-order valence-electron chi connectivity index (χ2n) is 5.23. The molecule has 0 amide bonds. The molecule has 1 heterocycles. The van der Waals surface area contributed by atoms with Gasteiger partial charge in [0, 0.05) is 18.2 Å². The molecule has 114 valence electrons. The Labute approximate surface area is 128 Å². The molecule has 1 unspecified atom stereocenters. The number of nitrogens with zero attached hydrogens (tertiary/aromatic N) is 2. The number of anilines is 1. The van der Waals surface area contributed by atoms with Gasteiger partial charge in [0.15, 0.2) is 0 Å². The maximum Gasteiger partial charge on any atom is 0.269 e. The van der Waals surface area contributed by atoms with Gasteiger partial charge < -0.3 is 0 Å². The van der Waals surface area contributed by atoms with Crippen LogP contribution in [-0.4, -0.2) is 19.4 Å². The molecule has 6 nitrogen and oxygen atoms in total. The number of hydrogen-bond acceptors (Lipinski definition) is 4. The van der Waals surface area contributed by atoms with Crippen LogP contribution < -0.4 is 4.31 Å². The number of hydrogen-bond donors (Lipinski definition) is 0. The van der Waals surface area contributed by atoms with E-state index in [0.29, 0.717) is 12.1 Å².